The predicted octanol–water partition coefficient (Wildman–Crippen LogP) is 3.21. The average Bonchev–Trinajstić information content (AvgIpc) is 2.12. The zero-order valence-corrected chi connectivity index (χ0v) is 9.81. The van der Waals surface area contributed by atoms with Gasteiger partial charge in [0, 0.05) is 10.9 Å². The lowest BCUT2D eigenvalue weighted by atomic mass is 10.2. The fourth-order valence-electron chi connectivity index (χ4n) is 1.30. The van der Waals surface area contributed by atoms with Crippen LogP contribution in [-0.4, -0.2) is 11.8 Å². The Labute approximate surface area is 91.1 Å². The topological polar surface area (TPSA) is 26.0 Å². The van der Waals surface area contributed by atoms with Crippen molar-refractivity contribution in [1.29, 1.82) is 0 Å². The van der Waals surface area contributed by atoms with Crippen LogP contribution in [0, 0.1) is 6.92 Å². The van der Waals surface area contributed by atoms with Crippen LogP contribution in [0.3, 0.4) is 0 Å². The molecule has 0 heterocycles. The second kappa shape index (κ2) is 6.10. The van der Waals surface area contributed by atoms with Crippen LogP contribution in [0.4, 0.5) is 0 Å². The van der Waals surface area contributed by atoms with Crippen molar-refractivity contribution in [3.05, 3.63) is 29.8 Å². The number of benzene rings is 1. The van der Waals surface area contributed by atoms with E-state index in [2.05, 4.69) is 38.1 Å². The largest absolute Gasteiger partial charge is 0.328 e. The Balaban J connectivity index is 2.25. The van der Waals surface area contributed by atoms with Crippen LogP contribution in [0.15, 0.2) is 29.2 Å². The van der Waals surface area contributed by atoms with Gasteiger partial charge in [-0.15, -0.1) is 11.8 Å². The van der Waals surface area contributed by atoms with Gasteiger partial charge in [0.2, 0.25) is 0 Å². The van der Waals surface area contributed by atoms with Crippen molar-refractivity contribution < 1.29 is 0 Å². The maximum atomic E-state index is 5.69. The third-order valence-electron chi connectivity index (χ3n) is 2.06. The fraction of sp³-hybridized carbons (Fsp3) is 0.500. The Kier molecular flexibility index (Phi) is 5.05. The van der Waals surface area contributed by atoms with Gasteiger partial charge in [-0.25, -0.2) is 0 Å². The minimum absolute atomic E-state index is 0.341. The first-order valence-corrected chi connectivity index (χ1v) is 6.12. The lowest BCUT2D eigenvalue weighted by Crippen LogP contribution is -2.14. The minimum Gasteiger partial charge on any atom is -0.328 e. The third-order valence-corrected chi connectivity index (χ3v) is 3.14. The van der Waals surface area contributed by atoms with Gasteiger partial charge in [-0.2, -0.15) is 0 Å². The molecule has 0 aliphatic rings. The van der Waals surface area contributed by atoms with E-state index in [0.29, 0.717) is 6.04 Å². The van der Waals surface area contributed by atoms with Crippen molar-refractivity contribution in [3.8, 4) is 0 Å². The predicted molar refractivity (Wildman–Crippen MR) is 64.8 cm³/mol. The molecule has 1 unspecified atom stereocenters. The van der Waals surface area contributed by atoms with E-state index in [-0.39, 0.29) is 0 Å². The van der Waals surface area contributed by atoms with Crippen LogP contribution in [0.25, 0.3) is 0 Å². The van der Waals surface area contributed by atoms with Crippen LogP contribution in [0.1, 0.15) is 25.3 Å². The van der Waals surface area contributed by atoms with Gasteiger partial charge in [0.15, 0.2) is 0 Å². The normalized spacial score (nSPS) is 12.8. The molecular weight excluding hydrogens is 190 g/mol. The lowest BCUT2D eigenvalue weighted by Gasteiger charge is -2.05. The number of aryl methyl sites for hydroxylation is 1. The van der Waals surface area contributed by atoms with E-state index >= 15 is 0 Å². The maximum Gasteiger partial charge on any atom is 0.00745 e. The summed E-state index contributed by atoms with van der Waals surface area (Å²) in [5.41, 5.74) is 7.02. The molecule has 1 aromatic carbocycles. The summed E-state index contributed by atoms with van der Waals surface area (Å²) in [4.78, 5) is 1.37. The smallest absolute Gasteiger partial charge is 0.00745 e. The molecule has 0 spiro atoms. The van der Waals surface area contributed by atoms with Crippen LogP contribution >= 0.6 is 11.8 Å². The molecule has 0 fully saturated rings. The van der Waals surface area contributed by atoms with E-state index < -0.39 is 0 Å². The van der Waals surface area contributed by atoms with Gasteiger partial charge in [-0.1, -0.05) is 17.7 Å². The van der Waals surface area contributed by atoms with Crippen LogP contribution in [0.5, 0.6) is 0 Å². The van der Waals surface area contributed by atoms with E-state index in [9.17, 15) is 0 Å². The van der Waals surface area contributed by atoms with Crippen molar-refractivity contribution >= 4 is 11.8 Å². The summed E-state index contributed by atoms with van der Waals surface area (Å²) in [5, 5.41) is 0. The van der Waals surface area contributed by atoms with E-state index in [1.165, 1.54) is 22.6 Å². The van der Waals surface area contributed by atoms with E-state index in [0.717, 1.165) is 6.42 Å². The average molecular weight is 209 g/mol. The molecular formula is C12H19NS. The molecule has 0 saturated heterocycles. The van der Waals surface area contributed by atoms with Crippen molar-refractivity contribution in [1.82, 2.24) is 0 Å². The van der Waals surface area contributed by atoms with Gasteiger partial charge < -0.3 is 5.73 Å². The third kappa shape index (κ3) is 4.68. The number of nitrogens with two attached hydrogens (primary N) is 1. The van der Waals surface area contributed by atoms with Crippen molar-refractivity contribution in [2.75, 3.05) is 5.75 Å². The number of hydrogen-bond donors (Lipinski definition) is 1. The molecule has 2 N–H and O–H groups in total. The molecule has 1 nitrogen and oxygen atoms in total. The SMILES string of the molecule is Cc1cccc(SCCCC(C)N)c1. The van der Waals surface area contributed by atoms with Crippen LogP contribution < -0.4 is 5.73 Å². The zero-order valence-electron chi connectivity index (χ0n) is 8.99. The summed E-state index contributed by atoms with van der Waals surface area (Å²) in [5.74, 6) is 1.17. The van der Waals surface area contributed by atoms with Crippen LogP contribution in [0.2, 0.25) is 0 Å². The highest BCUT2D eigenvalue weighted by Gasteiger charge is 1.96. The molecule has 2 heteroatoms. The summed E-state index contributed by atoms with van der Waals surface area (Å²) in [7, 11) is 0. The van der Waals surface area contributed by atoms with Crippen molar-refractivity contribution in [2.24, 2.45) is 5.73 Å². The molecule has 14 heavy (non-hydrogen) atoms. The second-order valence-corrected chi connectivity index (χ2v) is 4.95. The van der Waals surface area contributed by atoms with E-state index in [4.69, 9.17) is 5.73 Å². The number of rotatable bonds is 5. The van der Waals surface area contributed by atoms with Gasteiger partial charge in [0.05, 0.1) is 0 Å². The summed E-state index contributed by atoms with van der Waals surface area (Å²) in [6, 6.07) is 8.99. The molecule has 0 radical (unpaired) electrons. The molecule has 0 amide bonds. The summed E-state index contributed by atoms with van der Waals surface area (Å²) < 4.78 is 0. The van der Waals surface area contributed by atoms with Crippen molar-refractivity contribution in [3.63, 3.8) is 0 Å². The first-order chi connectivity index (χ1) is 6.68. The molecule has 0 aliphatic heterocycles. The lowest BCUT2D eigenvalue weighted by molar-refractivity contribution is 0.656. The second-order valence-electron chi connectivity index (χ2n) is 3.78. The Morgan fingerprint density at radius 2 is 2.21 bits per heavy atom. The Hall–Kier alpha value is -0.470. The number of thioether (sulfide) groups is 1. The molecule has 1 atom stereocenters. The van der Waals surface area contributed by atoms with E-state index in [1.807, 2.05) is 11.8 Å². The van der Waals surface area contributed by atoms with E-state index in [1.54, 1.807) is 0 Å². The van der Waals surface area contributed by atoms with Crippen molar-refractivity contribution in [2.45, 2.75) is 37.6 Å². The molecule has 78 valence electrons. The maximum absolute atomic E-state index is 5.69. The van der Waals surface area contributed by atoms with Crippen LogP contribution in [-0.2, 0) is 0 Å². The van der Waals surface area contributed by atoms with Gasteiger partial charge >= 0.3 is 0 Å². The molecule has 1 rings (SSSR count). The monoisotopic (exact) mass is 209 g/mol. The minimum atomic E-state index is 0.341. The zero-order chi connectivity index (χ0) is 10.4. The quantitative estimate of drug-likeness (QED) is 0.595. The molecule has 0 aromatic heterocycles. The standard InChI is InChI=1S/C12H19NS/c1-10-5-3-7-12(9-10)14-8-4-6-11(2)13/h3,5,7,9,11H,4,6,8,13H2,1-2H3. The molecule has 1 aromatic rings. The fourth-order valence-corrected chi connectivity index (χ4v) is 2.29. The summed E-state index contributed by atoms with van der Waals surface area (Å²) in [6.07, 6.45) is 2.33. The van der Waals surface area contributed by atoms with Gasteiger partial charge in [-0.3, -0.25) is 0 Å². The van der Waals surface area contributed by atoms with Gasteiger partial charge in [0.25, 0.3) is 0 Å². The molecule has 0 bridgehead atoms. The molecule has 0 aliphatic carbocycles. The molecule has 0 saturated carbocycles. The Morgan fingerprint density at radius 3 is 2.86 bits per heavy atom. The Morgan fingerprint density at radius 1 is 1.43 bits per heavy atom. The summed E-state index contributed by atoms with van der Waals surface area (Å²) in [6.45, 7) is 4.20. The highest BCUT2D eigenvalue weighted by molar-refractivity contribution is 7.99. The Bertz CT molecular complexity index is 271. The van der Waals surface area contributed by atoms with Gasteiger partial charge in [-0.05, 0) is 44.6 Å². The summed E-state index contributed by atoms with van der Waals surface area (Å²) >= 11 is 1.92. The number of hydrogen-bond acceptors (Lipinski definition) is 2. The highest BCUT2D eigenvalue weighted by atomic mass is 32.2. The first kappa shape index (κ1) is 11.6. The van der Waals surface area contributed by atoms with Gasteiger partial charge in [0.1, 0.15) is 0 Å². The first-order valence-electron chi connectivity index (χ1n) is 5.13. The highest BCUT2D eigenvalue weighted by Crippen LogP contribution is 2.20.